The van der Waals surface area contributed by atoms with Gasteiger partial charge in [0.15, 0.2) is 0 Å². The van der Waals surface area contributed by atoms with Crippen molar-refractivity contribution in [3.8, 4) is 5.75 Å². The summed E-state index contributed by atoms with van der Waals surface area (Å²) in [6.07, 6.45) is 1.14. The summed E-state index contributed by atoms with van der Waals surface area (Å²) in [6.45, 7) is 3.25. The molecule has 38 heavy (non-hydrogen) atoms. The number of amides is 2. The largest absolute Gasteiger partial charge is 0.489 e. The van der Waals surface area contributed by atoms with Gasteiger partial charge in [-0.25, -0.2) is 13.9 Å². The van der Waals surface area contributed by atoms with Gasteiger partial charge in [-0.05, 0) is 43.3 Å². The Labute approximate surface area is 221 Å². The fourth-order valence-electron chi connectivity index (χ4n) is 4.48. The molecule has 1 fully saturated rings. The lowest BCUT2D eigenvalue weighted by Gasteiger charge is -2.37. The van der Waals surface area contributed by atoms with Gasteiger partial charge >= 0.3 is 0 Å². The van der Waals surface area contributed by atoms with Gasteiger partial charge in [0.2, 0.25) is 10.0 Å². The zero-order chi connectivity index (χ0) is 27.3. The number of aryl methyl sites for hydroxylation is 1. The van der Waals surface area contributed by atoms with E-state index in [2.05, 4.69) is 10.3 Å². The number of pyridine rings is 1. The van der Waals surface area contributed by atoms with Crippen LogP contribution in [0.3, 0.4) is 0 Å². The highest BCUT2D eigenvalue weighted by Crippen LogP contribution is 2.21. The maximum atomic E-state index is 12.7. The van der Waals surface area contributed by atoms with E-state index >= 15 is 0 Å². The number of sulfonamides is 1. The highest BCUT2D eigenvalue weighted by molar-refractivity contribution is 7.88. The molecule has 0 unspecified atom stereocenters. The number of aromatic nitrogens is 1. The lowest BCUT2D eigenvalue weighted by molar-refractivity contribution is -0.135. The summed E-state index contributed by atoms with van der Waals surface area (Å²) in [5.74, 6) is -0.472. The Kier molecular flexibility index (Phi) is 8.57. The van der Waals surface area contributed by atoms with Crippen LogP contribution in [-0.4, -0.2) is 84.6 Å². The van der Waals surface area contributed by atoms with E-state index in [4.69, 9.17) is 4.74 Å². The van der Waals surface area contributed by atoms with E-state index in [1.165, 1.54) is 4.31 Å². The third-order valence-electron chi connectivity index (χ3n) is 6.49. The Morgan fingerprint density at radius 3 is 2.42 bits per heavy atom. The van der Waals surface area contributed by atoms with Crippen molar-refractivity contribution >= 4 is 32.7 Å². The Morgan fingerprint density at radius 1 is 1.08 bits per heavy atom. The molecule has 0 radical (unpaired) electrons. The van der Waals surface area contributed by atoms with Crippen LogP contribution >= 0.6 is 0 Å². The van der Waals surface area contributed by atoms with Crippen molar-refractivity contribution < 1.29 is 28.0 Å². The topological polar surface area (TPSA) is 141 Å². The van der Waals surface area contributed by atoms with E-state index in [9.17, 15) is 23.2 Å². The summed E-state index contributed by atoms with van der Waals surface area (Å²) in [5.41, 5.74) is 4.84. The first-order chi connectivity index (χ1) is 18.2. The summed E-state index contributed by atoms with van der Waals surface area (Å²) >= 11 is 0. The van der Waals surface area contributed by atoms with Crippen LogP contribution in [-0.2, 0) is 21.4 Å². The molecule has 0 spiro atoms. The summed E-state index contributed by atoms with van der Waals surface area (Å²) in [4.78, 5) is 31.3. The lowest BCUT2D eigenvalue weighted by atomic mass is 10.1. The second kappa shape index (κ2) is 11.9. The minimum Gasteiger partial charge on any atom is -0.489 e. The number of hydroxylamine groups is 1. The molecule has 2 aromatic carbocycles. The monoisotopic (exact) mass is 541 g/mol. The molecule has 1 atom stereocenters. The average Bonchev–Trinajstić information content (AvgIpc) is 2.91. The molecule has 1 aliphatic heterocycles. The van der Waals surface area contributed by atoms with Crippen LogP contribution in [0.25, 0.3) is 10.9 Å². The van der Waals surface area contributed by atoms with E-state index in [0.29, 0.717) is 31.0 Å². The smallest absolute Gasteiger partial charge is 0.262 e. The van der Waals surface area contributed by atoms with Gasteiger partial charge in [0, 0.05) is 54.9 Å². The highest BCUT2D eigenvalue weighted by atomic mass is 32.2. The van der Waals surface area contributed by atoms with Gasteiger partial charge < -0.3 is 10.1 Å². The molecule has 11 nitrogen and oxygen atoms in total. The quantitative estimate of drug-likeness (QED) is 0.272. The van der Waals surface area contributed by atoms with Gasteiger partial charge in [-0.2, -0.15) is 4.31 Å². The van der Waals surface area contributed by atoms with Crippen molar-refractivity contribution in [1.29, 1.82) is 0 Å². The number of hydrogen-bond donors (Lipinski definition) is 3. The standard InChI is InChI=1S/C26H31N5O6S/c1-18-15-20(22-5-3-4-6-23(22)28-18)17-37-21-9-7-19(8-10-21)25(32)27-16-24(26(33)29-34)30-11-13-31(14-12-30)38(2,35)36/h3-10,15,24,34H,11-14,16-17H2,1-2H3,(H,27,32)(H,29,33)/t24-/m1/s1. The average molecular weight is 542 g/mol. The number of piperazine rings is 1. The molecule has 3 aromatic rings. The van der Waals surface area contributed by atoms with Crippen molar-refractivity contribution in [1.82, 2.24) is 25.0 Å². The molecule has 0 saturated carbocycles. The number of nitrogens with one attached hydrogen (secondary N) is 2. The zero-order valence-corrected chi connectivity index (χ0v) is 22.1. The van der Waals surface area contributed by atoms with Crippen molar-refractivity contribution in [2.75, 3.05) is 39.0 Å². The Bertz CT molecular complexity index is 1410. The van der Waals surface area contributed by atoms with Crippen LogP contribution < -0.4 is 15.5 Å². The molecule has 0 bridgehead atoms. The molecule has 1 saturated heterocycles. The molecule has 1 aliphatic rings. The van der Waals surface area contributed by atoms with Gasteiger partial charge in [0.05, 0.1) is 11.8 Å². The maximum Gasteiger partial charge on any atom is 0.262 e. The maximum absolute atomic E-state index is 12.7. The summed E-state index contributed by atoms with van der Waals surface area (Å²) in [5, 5.41) is 12.9. The molecule has 2 heterocycles. The SMILES string of the molecule is Cc1cc(COc2ccc(C(=O)NC[C@H](C(=O)NO)N3CCN(S(C)(=O)=O)CC3)cc2)c2ccccc2n1. The van der Waals surface area contributed by atoms with Crippen LogP contribution in [0.4, 0.5) is 0 Å². The van der Waals surface area contributed by atoms with Crippen LogP contribution in [0, 0.1) is 6.92 Å². The van der Waals surface area contributed by atoms with Crippen molar-refractivity contribution in [3.05, 3.63) is 71.4 Å². The fraction of sp³-hybridized carbons (Fsp3) is 0.346. The Hall–Kier alpha value is -3.58. The van der Waals surface area contributed by atoms with E-state index in [-0.39, 0.29) is 19.6 Å². The number of fused-ring (bicyclic) bond motifs is 1. The number of nitrogens with zero attached hydrogens (tertiary/aromatic N) is 3. The van der Waals surface area contributed by atoms with E-state index < -0.39 is 27.9 Å². The molecular formula is C26H31N5O6S. The van der Waals surface area contributed by atoms with Gasteiger partial charge in [-0.1, -0.05) is 18.2 Å². The van der Waals surface area contributed by atoms with Crippen LogP contribution in [0.15, 0.2) is 54.6 Å². The zero-order valence-electron chi connectivity index (χ0n) is 21.3. The third kappa shape index (κ3) is 6.64. The summed E-state index contributed by atoms with van der Waals surface area (Å²) in [7, 11) is -3.32. The van der Waals surface area contributed by atoms with Gasteiger partial charge in [-0.3, -0.25) is 24.7 Å². The minimum absolute atomic E-state index is 0.0587. The highest BCUT2D eigenvalue weighted by Gasteiger charge is 2.31. The van der Waals surface area contributed by atoms with Crippen molar-refractivity contribution in [2.24, 2.45) is 0 Å². The molecule has 0 aliphatic carbocycles. The first kappa shape index (κ1) is 27.5. The second-order valence-electron chi connectivity index (χ2n) is 9.15. The number of rotatable bonds is 9. The second-order valence-corrected chi connectivity index (χ2v) is 11.1. The molecule has 2 amide bonds. The molecule has 202 valence electrons. The first-order valence-corrected chi connectivity index (χ1v) is 14.0. The normalized spacial score (nSPS) is 15.7. The van der Waals surface area contributed by atoms with Crippen molar-refractivity contribution in [2.45, 2.75) is 19.6 Å². The van der Waals surface area contributed by atoms with E-state index in [1.54, 1.807) is 34.6 Å². The number of carbonyl (C=O) groups excluding carboxylic acids is 2. The Morgan fingerprint density at radius 2 is 1.76 bits per heavy atom. The molecule has 1 aromatic heterocycles. The predicted octanol–water partition coefficient (Wildman–Crippen LogP) is 1.30. The number of benzene rings is 2. The number of carbonyl (C=O) groups is 2. The van der Waals surface area contributed by atoms with Gasteiger partial charge in [-0.15, -0.1) is 0 Å². The third-order valence-corrected chi connectivity index (χ3v) is 7.80. The van der Waals surface area contributed by atoms with Gasteiger partial charge in [0.25, 0.3) is 11.8 Å². The van der Waals surface area contributed by atoms with Gasteiger partial charge in [0.1, 0.15) is 18.4 Å². The number of para-hydroxylation sites is 1. The van der Waals surface area contributed by atoms with Crippen LogP contribution in [0.1, 0.15) is 21.6 Å². The number of ether oxygens (including phenoxy) is 1. The minimum atomic E-state index is -3.32. The fourth-order valence-corrected chi connectivity index (χ4v) is 5.30. The van der Waals surface area contributed by atoms with Crippen molar-refractivity contribution in [3.63, 3.8) is 0 Å². The van der Waals surface area contributed by atoms with Crippen LogP contribution in [0.5, 0.6) is 5.75 Å². The molecular weight excluding hydrogens is 510 g/mol. The molecule has 4 rings (SSSR count). The Balaban J connectivity index is 1.34. The van der Waals surface area contributed by atoms with Crippen LogP contribution in [0.2, 0.25) is 0 Å². The molecule has 3 N–H and O–H groups in total. The molecule has 12 heteroatoms. The summed E-state index contributed by atoms with van der Waals surface area (Å²) in [6, 6.07) is 15.7. The first-order valence-electron chi connectivity index (χ1n) is 12.1. The van der Waals surface area contributed by atoms with E-state index in [0.717, 1.165) is 28.4 Å². The predicted molar refractivity (Wildman–Crippen MR) is 141 cm³/mol. The number of hydrogen-bond acceptors (Lipinski definition) is 8. The summed E-state index contributed by atoms with van der Waals surface area (Å²) < 4.78 is 30.8. The lowest BCUT2D eigenvalue weighted by Crippen LogP contribution is -2.58. The van der Waals surface area contributed by atoms with E-state index in [1.807, 2.05) is 37.3 Å².